The van der Waals surface area contributed by atoms with E-state index in [4.69, 9.17) is 9.47 Å². The maximum Gasteiger partial charge on any atom is 0.319 e. The van der Waals surface area contributed by atoms with E-state index in [0.717, 1.165) is 16.7 Å². The fourth-order valence-corrected chi connectivity index (χ4v) is 3.84. The van der Waals surface area contributed by atoms with Gasteiger partial charge in [-0.3, -0.25) is 9.59 Å². The number of carbonyl (C=O) groups excluding carboxylic acids is 2. The molecule has 2 atom stereocenters. The van der Waals surface area contributed by atoms with Gasteiger partial charge in [-0.1, -0.05) is 17.7 Å². The van der Waals surface area contributed by atoms with Crippen molar-refractivity contribution in [3.05, 3.63) is 34.4 Å². The highest BCUT2D eigenvalue weighted by atomic mass is 16.5. The van der Waals surface area contributed by atoms with E-state index in [-0.39, 0.29) is 24.9 Å². The van der Waals surface area contributed by atoms with Crippen LogP contribution in [-0.2, 0) is 25.5 Å². The topological polar surface area (TPSA) is 52.6 Å². The van der Waals surface area contributed by atoms with Crippen LogP contribution in [0.1, 0.15) is 48.4 Å². The second kappa shape index (κ2) is 7.47. The van der Waals surface area contributed by atoms with Crippen molar-refractivity contribution in [3.8, 4) is 0 Å². The minimum Gasteiger partial charge on any atom is -0.465 e. The first-order valence-electron chi connectivity index (χ1n) is 8.64. The van der Waals surface area contributed by atoms with Crippen molar-refractivity contribution in [1.29, 1.82) is 0 Å². The molecule has 4 nitrogen and oxygen atoms in total. The quantitative estimate of drug-likeness (QED) is 0.591. The summed E-state index contributed by atoms with van der Waals surface area (Å²) in [6.07, 6.45) is 1.86. The second-order valence-corrected chi connectivity index (χ2v) is 6.88. The van der Waals surface area contributed by atoms with Crippen molar-refractivity contribution in [2.45, 2.75) is 59.5 Å². The van der Waals surface area contributed by atoms with Crippen LogP contribution in [0.25, 0.3) is 0 Å². The number of ether oxygens (including phenoxy) is 2. The highest BCUT2D eigenvalue weighted by molar-refractivity contribution is 6.05. The SMILES string of the molecule is CCOC(=O)C1(C(=O)Cc2c(C)cc(C)cc2C)CCC(OC)C1. The first-order chi connectivity index (χ1) is 11.3. The zero-order valence-electron chi connectivity index (χ0n) is 15.4. The Labute approximate surface area is 144 Å². The monoisotopic (exact) mass is 332 g/mol. The van der Waals surface area contributed by atoms with E-state index in [2.05, 4.69) is 12.1 Å². The molecular weight excluding hydrogens is 304 g/mol. The second-order valence-electron chi connectivity index (χ2n) is 6.88. The highest BCUT2D eigenvalue weighted by Gasteiger charge is 2.52. The fourth-order valence-electron chi connectivity index (χ4n) is 3.84. The van der Waals surface area contributed by atoms with Crippen LogP contribution in [0.15, 0.2) is 12.1 Å². The summed E-state index contributed by atoms with van der Waals surface area (Å²) in [4.78, 5) is 25.7. The zero-order chi connectivity index (χ0) is 17.9. The average molecular weight is 332 g/mol. The lowest BCUT2D eigenvalue weighted by atomic mass is 9.78. The van der Waals surface area contributed by atoms with Crippen LogP contribution in [0, 0.1) is 26.2 Å². The van der Waals surface area contributed by atoms with Crippen LogP contribution in [0.4, 0.5) is 0 Å². The minimum atomic E-state index is -1.06. The molecule has 1 fully saturated rings. The van der Waals surface area contributed by atoms with Gasteiger partial charge in [0.25, 0.3) is 0 Å². The Hall–Kier alpha value is -1.68. The van der Waals surface area contributed by atoms with E-state index in [1.165, 1.54) is 5.56 Å². The number of benzene rings is 1. The van der Waals surface area contributed by atoms with Crippen LogP contribution in [0.2, 0.25) is 0 Å². The third-order valence-electron chi connectivity index (χ3n) is 5.18. The number of ketones is 1. The van der Waals surface area contributed by atoms with Gasteiger partial charge in [0, 0.05) is 13.5 Å². The molecular formula is C20H28O4. The highest BCUT2D eigenvalue weighted by Crippen LogP contribution is 2.42. The molecule has 1 aromatic rings. The summed E-state index contributed by atoms with van der Waals surface area (Å²) in [5, 5.41) is 0. The van der Waals surface area contributed by atoms with Gasteiger partial charge in [-0.25, -0.2) is 0 Å². The maximum atomic E-state index is 13.1. The molecule has 0 bridgehead atoms. The van der Waals surface area contributed by atoms with Crippen molar-refractivity contribution in [1.82, 2.24) is 0 Å². The van der Waals surface area contributed by atoms with Gasteiger partial charge in [0.05, 0.1) is 12.7 Å². The van der Waals surface area contributed by atoms with Gasteiger partial charge in [0.15, 0.2) is 5.78 Å². The molecule has 0 aliphatic heterocycles. The number of methoxy groups -OCH3 is 1. The Bertz CT molecular complexity index is 612. The summed E-state index contributed by atoms with van der Waals surface area (Å²) >= 11 is 0. The van der Waals surface area contributed by atoms with Crippen LogP contribution >= 0.6 is 0 Å². The number of rotatable bonds is 6. The first kappa shape index (κ1) is 18.7. The standard InChI is InChI=1S/C20H28O4/c1-6-24-19(22)20(8-7-16(12-20)23-5)18(21)11-17-14(3)9-13(2)10-15(17)4/h9-10,16H,6-8,11-12H2,1-5H3. The molecule has 2 rings (SSSR count). The lowest BCUT2D eigenvalue weighted by Crippen LogP contribution is -2.40. The lowest BCUT2D eigenvalue weighted by Gasteiger charge is -2.26. The molecule has 24 heavy (non-hydrogen) atoms. The van der Waals surface area contributed by atoms with Gasteiger partial charge in [0.2, 0.25) is 0 Å². The van der Waals surface area contributed by atoms with E-state index in [0.29, 0.717) is 19.3 Å². The molecule has 1 aliphatic carbocycles. The maximum absolute atomic E-state index is 13.1. The van der Waals surface area contributed by atoms with Crippen molar-refractivity contribution in [2.75, 3.05) is 13.7 Å². The molecule has 2 unspecified atom stereocenters. The molecule has 132 valence electrons. The molecule has 0 N–H and O–H groups in total. The van der Waals surface area contributed by atoms with Gasteiger partial charge < -0.3 is 9.47 Å². The summed E-state index contributed by atoms with van der Waals surface area (Å²) in [6, 6.07) is 4.17. The summed E-state index contributed by atoms with van der Waals surface area (Å²) in [6.45, 7) is 8.14. The van der Waals surface area contributed by atoms with E-state index < -0.39 is 11.4 Å². The number of carbonyl (C=O) groups is 2. The Balaban J connectivity index is 2.31. The van der Waals surface area contributed by atoms with Crippen LogP contribution in [-0.4, -0.2) is 31.6 Å². The van der Waals surface area contributed by atoms with Crippen LogP contribution in [0.3, 0.4) is 0 Å². The van der Waals surface area contributed by atoms with Crippen molar-refractivity contribution in [2.24, 2.45) is 5.41 Å². The third-order valence-corrected chi connectivity index (χ3v) is 5.18. The smallest absolute Gasteiger partial charge is 0.319 e. The molecule has 1 aromatic carbocycles. The van der Waals surface area contributed by atoms with E-state index in [1.807, 2.05) is 20.8 Å². The van der Waals surface area contributed by atoms with E-state index in [1.54, 1.807) is 14.0 Å². The fraction of sp³-hybridized carbons (Fsp3) is 0.600. The van der Waals surface area contributed by atoms with Crippen molar-refractivity contribution >= 4 is 11.8 Å². The molecule has 1 aliphatic rings. The van der Waals surface area contributed by atoms with Gasteiger partial charge in [-0.15, -0.1) is 0 Å². The zero-order valence-corrected chi connectivity index (χ0v) is 15.4. The third kappa shape index (κ3) is 3.54. The molecule has 0 heterocycles. The summed E-state index contributed by atoms with van der Waals surface area (Å²) in [5.74, 6) is -0.437. The average Bonchev–Trinajstić information content (AvgIpc) is 2.96. The number of hydrogen-bond donors (Lipinski definition) is 0. The predicted octanol–water partition coefficient (Wildman–Crippen LogP) is 3.47. The molecule has 1 saturated carbocycles. The minimum absolute atomic E-state index is 0.0458. The summed E-state index contributed by atoms with van der Waals surface area (Å²) in [5.41, 5.74) is 3.35. The van der Waals surface area contributed by atoms with Gasteiger partial charge in [-0.2, -0.15) is 0 Å². The Morgan fingerprint density at radius 2 is 1.83 bits per heavy atom. The van der Waals surface area contributed by atoms with Crippen molar-refractivity contribution < 1.29 is 19.1 Å². The number of esters is 1. The summed E-state index contributed by atoms with van der Waals surface area (Å²) in [7, 11) is 1.63. The van der Waals surface area contributed by atoms with Crippen LogP contribution < -0.4 is 0 Å². The summed E-state index contributed by atoms with van der Waals surface area (Å²) < 4.78 is 10.6. The molecule has 0 amide bonds. The van der Waals surface area contributed by atoms with Gasteiger partial charge >= 0.3 is 5.97 Å². The number of aryl methyl sites for hydroxylation is 3. The van der Waals surface area contributed by atoms with Gasteiger partial charge in [-0.05, 0) is 63.6 Å². The first-order valence-corrected chi connectivity index (χ1v) is 8.64. The Morgan fingerprint density at radius 1 is 1.21 bits per heavy atom. The molecule has 4 heteroatoms. The van der Waals surface area contributed by atoms with Crippen LogP contribution in [0.5, 0.6) is 0 Å². The molecule has 0 radical (unpaired) electrons. The van der Waals surface area contributed by atoms with Gasteiger partial charge in [0.1, 0.15) is 5.41 Å². The number of Topliss-reactive ketones (excluding diaryl/α,β-unsaturated/α-hetero) is 1. The molecule has 0 saturated heterocycles. The molecule has 0 spiro atoms. The predicted molar refractivity (Wildman–Crippen MR) is 93.1 cm³/mol. The lowest BCUT2D eigenvalue weighted by molar-refractivity contribution is -0.160. The number of hydrogen-bond acceptors (Lipinski definition) is 4. The molecule has 0 aromatic heterocycles. The normalized spacial score (nSPS) is 23.3. The van der Waals surface area contributed by atoms with Crippen molar-refractivity contribution in [3.63, 3.8) is 0 Å². The Morgan fingerprint density at radius 3 is 2.33 bits per heavy atom. The van der Waals surface area contributed by atoms with E-state index >= 15 is 0 Å². The largest absolute Gasteiger partial charge is 0.465 e. The Kier molecular flexibility index (Phi) is 5.81. The van der Waals surface area contributed by atoms with E-state index in [9.17, 15) is 9.59 Å².